The van der Waals surface area contributed by atoms with Crippen LogP contribution in [0.2, 0.25) is 0 Å². The van der Waals surface area contributed by atoms with E-state index < -0.39 is 6.04 Å². The first-order valence-electron chi connectivity index (χ1n) is 6.53. The van der Waals surface area contributed by atoms with Crippen LogP contribution < -0.4 is 10.6 Å². The van der Waals surface area contributed by atoms with Gasteiger partial charge in [-0.2, -0.15) is 0 Å². The predicted molar refractivity (Wildman–Crippen MR) is 94.3 cm³/mol. The van der Waals surface area contributed by atoms with E-state index in [9.17, 15) is 0 Å². The summed E-state index contributed by atoms with van der Waals surface area (Å²) in [5.41, 5.74) is 0. The maximum Gasteiger partial charge on any atom is 0.0106 e. The second kappa shape index (κ2) is 7.38. The lowest BCUT2D eigenvalue weighted by Crippen LogP contribution is -2.18. The second-order valence-electron chi connectivity index (χ2n) is 4.53. The summed E-state index contributed by atoms with van der Waals surface area (Å²) in [6.45, 7) is 0. The Labute approximate surface area is 129 Å². The summed E-state index contributed by atoms with van der Waals surface area (Å²) in [4.78, 5) is 0. The molecule has 0 heterocycles. The van der Waals surface area contributed by atoms with Gasteiger partial charge in [0.25, 0.3) is 0 Å². The summed E-state index contributed by atoms with van der Waals surface area (Å²) in [6.07, 6.45) is 3.49. The lowest BCUT2D eigenvalue weighted by Gasteiger charge is -2.23. The molecule has 0 aliphatic rings. The molecule has 2 aromatic carbocycles. The summed E-state index contributed by atoms with van der Waals surface area (Å²) in [6, 6.07) is 19.7. The molecule has 0 atom stereocenters. The molecule has 0 nitrogen and oxygen atoms in total. The van der Waals surface area contributed by atoms with Crippen LogP contribution in [0.25, 0.3) is 0 Å². The zero-order chi connectivity index (χ0) is 13.6. The van der Waals surface area contributed by atoms with E-state index >= 15 is 0 Å². The minimum atomic E-state index is -1.64. The maximum absolute atomic E-state index is 6.14. The van der Waals surface area contributed by atoms with Crippen LogP contribution in [0, 0.1) is 0 Å². The van der Waals surface area contributed by atoms with Gasteiger partial charge in [-0.15, -0.1) is 0 Å². The third kappa shape index (κ3) is 3.78. The molecule has 2 rings (SSSR count). The fourth-order valence-corrected chi connectivity index (χ4v) is 6.48. The Hall–Kier alpha value is -0.430. The van der Waals surface area contributed by atoms with Gasteiger partial charge in [0.15, 0.2) is 0 Å². The van der Waals surface area contributed by atoms with Crippen LogP contribution in [0.4, 0.5) is 0 Å². The first-order valence-corrected chi connectivity index (χ1v) is 10.6. The summed E-state index contributed by atoms with van der Waals surface area (Å²) in [5.74, 6) is 0. The van der Waals surface area contributed by atoms with Crippen molar-refractivity contribution in [3.05, 3.63) is 60.7 Å². The van der Waals surface area contributed by atoms with Crippen molar-refractivity contribution in [3.63, 3.8) is 0 Å². The third-order valence-electron chi connectivity index (χ3n) is 3.20. The highest BCUT2D eigenvalue weighted by molar-refractivity contribution is 9.09. The minimum absolute atomic E-state index is 1.06. The Morgan fingerprint density at radius 1 is 0.789 bits per heavy atom. The first-order chi connectivity index (χ1) is 9.27. The van der Waals surface area contributed by atoms with Crippen LogP contribution >= 0.6 is 22.0 Å². The molecule has 19 heavy (non-hydrogen) atoms. The monoisotopic (exact) mass is 352 g/mol. The molecule has 0 radical (unpaired) electrons. The van der Waals surface area contributed by atoms with Gasteiger partial charge >= 0.3 is 0 Å². The molecule has 0 N–H and O–H groups in total. The van der Waals surface area contributed by atoms with Crippen molar-refractivity contribution in [3.8, 4) is 0 Å². The molecular formula is C16H18BrPS. The molecule has 2 aromatic rings. The van der Waals surface area contributed by atoms with Crippen molar-refractivity contribution in [2.75, 3.05) is 11.5 Å². The predicted octanol–water partition coefficient (Wildman–Crippen LogP) is 4.29. The molecule has 0 amide bonds. The molecular weight excluding hydrogens is 335 g/mol. The Balaban J connectivity index is 2.36. The van der Waals surface area contributed by atoms with Gasteiger partial charge in [-0.3, -0.25) is 0 Å². The van der Waals surface area contributed by atoms with Gasteiger partial charge in [0, 0.05) is 11.4 Å². The standard InChI is InChI=1S/C16H18BrPS/c17-13-7-8-14-18(19,15-9-3-1-4-10-15)16-11-5-2-6-12-16/h1-6,9-12H,7-8,13-14H2. The van der Waals surface area contributed by atoms with Crippen LogP contribution in [-0.2, 0) is 11.8 Å². The number of rotatable bonds is 6. The van der Waals surface area contributed by atoms with E-state index in [0.717, 1.165) is 11.5 Å². The summed E-state index contributed by atoms with van der Waals surface area (Å²) in [5, 5.41) is 3.74. The number of alkyl halides is 1. The highest BCUT2D eigenvalue weighted by Gasteiger charge is 2.21. The first kappa shape index (κ1) is 15.0. The SMILES string of the molecule is S=P(CCCCBr)(c1ccccc1)c1ccccc1. The Morgan fingerprint density at radius 2 is 1.26 bits per heavy atom. The number of hydrogen-bond acceptors (Lipinski definition) is 1. The van der Waals surface area contributed by atoms with Crippen molar-refractivity contribution in [2.45, 2.75) is 12.8 Å². The minimum Gasteiger partial charge on any atom is -0.0928 e. The summed E-state index contributed by atoms with van der Waals surface area (Å²) >= 11 is 9.65. The van der Waals surface area contributed by atoms with Crippen molar-refractivity contribution < 1.29 is 0 Å². The zero-order valence-electron chi connectivity index (χ0n) is 10.8. The van der Waals surface area contributed by atoms with Gasteiger partial charge < -0.3 is 0 Å². The topological polar surface area (TPSA) is 0 Å². The molecule has 0 fully saturated rings. The normalized spacial score (nSPS) is 11.4. The zero-order valence-corrected chi connectivity index (χ0v) is 14.1. The largest absolute Gasteiger partial charge is 0.0928 e. The molecule has 100 valence electrons. The van der Waals surface area contributed by atoms with E-state index in [1.165, 1.54) is 23.5 Å². The molecule has 0 aliphatic carbocycles. The van der Waals surface area contributed by atoms with E-state index in [2.05, 4.69) is 76.6 Å². The molecule has 0 saturated heterocycles. The van der Waals surface area contributed by atoms with Gasteiger partial charge in [0.05, 0.1) is 0 Å². The Morgan fingerprint density at radius 3 is 1.68 bits per heavy atom. The quantitative estimate of drug-likeness (QED) is 0.424. The number of hydrogen-bond donors (Lipinski definition) is 0. The van der Waals surface area contributed by atoms with Crippen LogP contribution in [0.1, 0.15) is 12.8 Å². The van der Waals surface area contributed by atoms with Crippen molar-refractivity contribution >= 4 is 44.4 Å². The smallest absolute Gasteiger partial charge is 0.0106 e. The van der Waals surface area contributed by atoms with Gasteiger partial charge in [0.1, 0.15) is 0 Å². The molecule has 0 aromatic heterocycles. The van der Waals surface area contributed by atoms with Crippen molar-refractivity contribution in [1.29, 1.82) is 0 Å². The molecule has 0 saturated carbocycles. The average molecular weight is 353 g/mol. The third-order valence-corrected chi connectivity index (χ3v) is 8.79. The van der Waals surface area contributed by atoms with E-state index in [4.69, 9.17) is 11.8 Å². The highest BCUT2D eigenvalue weighted by Crippen LogP contribution is 2.44. The highest BCUT2D eigenvalue weighted by atomic mass is 79.9. The van der Waals surface area contributed by atoms with E-state index in [1.54, 1.807) is 0 Å². The Kier molecular flexibility index (Phi) is 5.81. The lowest BCUT2D eigenvalue weighted by atomic mass is 10.4. The van der Waals surface area contributed by atoms with Gasteiger partial charge in [-0.25, -0.2) is 0 Å². The van der Waals surface area contributed by atoms with Crippen LogP contribution in [0.5, 0.6) is 0 Å². The van der Waals surface area contributed by atoms with Crippen LogP contribution in [0.15, 0.2) is 60.7 Å². The van der Waals surface area contributed by atoms with E-state index in [1.807, 2.05) is 0 Å². The Bertz CT molecular complexity index is 496. The van der Waals surface area contributed by atoms with Gasteiger partial charge in [0.2, 0.25) is 0 Å². The fourth-order valence-electron chi connectivity index (χ4n) is 2.17. The second-order valence-corrected chi connectivity index (χ2v) is 10.2. The molecule has 0 spiro atoms. The van der Waals surface area contributed by atoms with Crippen molar-refractivity contribution in [1.82, 2.24) is 0 Å². The van der Waals surface area contributed by atoms with Crippen LogP contribution in [0.3, 0.4) is 0 Å². The molecule has 0 bridgehead atoms. The van der Waals surface area contributed by atoms with Gasteiger partial charge in [-0.05, 0) is 29.6 Å². The molecule has 3 heteroatoms. The number of unbranched alkanes of at least 4 members (excludes halogenated alkanes) is 1. The van der Waals surface area contributed by atoms with E-state index in [-0.39, 0.29) is 0 Å². The van der Waals surface area contributed by atoms with Gasteiger partial charge in [-0.1, -0.05) is 88.4 Å². The number of halogens is 1. The van der Waals surface area contributed by atoms with E-state index in [0.29, 0.717) is 0 Å². The molecule has 0 unspecified atom stereocenters. The average Bonchev–Trinajstić information content (AvgIpc) is 2.49. The summed E-state index contributed by atoms with van der Waals surface area (Å²) in [7, 11) is 0. The van der Waals surface area contributed by atoms with Crippen LogP contribution in [-0.4, -0.2) is 11.5 Å². The maximum atomic E-state index is 6.14. The lowest BCUT2D eigenvalue weighted by molar-refractivity contribution is 0.910. The van der Waals surface area contributed by atoms with Crippen molar-refractivity contribution in [2.24, 2.45) is 0 Å². The summed E-state index contributed by atoms with van der Waals surface area (Å²) < 4.78 is 0. The molecule has 0 aliphatic heterocycles. The fraction of sp³-hybridized carbons (Fsp3) is 0.250. The number of benzene rings is 2.